The number of alkyl halides is 3. The van der Waals surface area contributed by atoms with Crippen LogP contribution in [0.3, 0.4) is 0 Å². The van der Waals surface area contributed by atoms with Crippen LogP contribution in [0.1, 0.15) is 11.1 Å². The number of nitrogens with zero attached hydrogens (tertiary/aromatic N) is 1. The smallest absolute Gasteiger partial charge is 0.416 e. The molecule has 0 saturated heterocycles. The van der Waals surface area contributed by atoms with E-state index in [0.29, 0.717) is 0 Å². The van der Waals surface area contributed by atoms with Crippen LogP contribution in [-0.2, 0) is 17.3 Å². The van der Waals surface area contributed by atoms with Gasteiger partial charge in [0.05, 0.1) is 15.5 Å². The highest BCUT2D eigenvalue weighted by atomic mass is 35.5. The highest BCUT2D eigenvalue weighted by molar-refractivity contribution is 7.80. The third-order valence-electron chi connectivity index (χ3n) is 3.43. The number of thiocarbonyl (C=S) groups is 1. The van der Waals surface area contributed by atoms with Gasteiger partial charge in [0, 0.05) is 18.1 Å². The van der Waals surface area contributed by atoms with Crippen LogP contribution in [0.25, 0.3) is 0 Å². The predicted molar refractivity (Wildman–Crippen MR) is 102 cm³/mol. The maximum atomic E-state index is 12.7. The second-order valence-electron chi connectivity index (χ2n) is 5.44. The molecule has 0 aliphatic rings. The topological polar surface area (TPSA) is 61.6 Å². The van der Waals surface area contributed by atoms with E-state index in [4.69, 9.17) is 33.3 Å². The van der Waals surface area contributed by atoms with E-state index < -0.39 is 16.7 Å². The van der Waals surface area contributed by atoms with Gasteiger partial charge in [0.1, 0.15) is 18.1 Å². The maximum Gasteiger partial charge on any atom is 0.416 e. The zero-order chi connectivity index (χ0) is 20.9. The fourth-order valence-corrected chi connectivity index (χ4v) is 2.63. The molecule has 0 unspecified atom stereocenters. The van der Waals surface area contributed by atoms with Gasteiger partial charge in [-0.3, -0.25) is 10.1 Å². The molecule has 0 spiro atoms. The van der Waals surface area contributed by atoms with Crippen molar-refractivity contribution >= 4 is 34.6 Å². The van der Waals surface area contributed by atoms with Gasteiger partial charge in [-0.05, 0) is 42.5 Å². The molecule has 0 aliphatic carbocycles. The minimum Gasteiger partial charge on any atom is -0.483 e. The highest BCUT2D eigenvalue weighted by Gasteiger charge is 2.31. The van der Waals surface area contributed by atoms with Crippen LogP contribution in [0.15, 0.2) is 49.1 Å². The van der Waals surface area contributed by atoms with Gasteiger partial charge < -0.3 is 9.47 Å². The van der Waals surface area contributed by atoms with Crippen molar-refractivity contribution < 1.29 is 27.6 Å². The lowest BCUT2D eigenvalue weighted by molar-refractivity contribution is -0.385. The number of ether oxygens (including phenoxy) is 2. The van der Waals surface area contributed by atoms with E-state index in [-0.39, 0.29) is 45.9 Å². The number of benzene rings is 2. The minimum absolute atomic E-state index is 0.0278. The average Bonchev–Trinajstić information content (AvgIpc) is 2.60. The van der Waals surface area contributed by atoms with Crippen LogP contribution < -0.4 is 4.74 Å². The zero-order valence-electron chi connectivity index (χ0n) is 14.2. The Morgan fingerprint density at radius 1 is 1.29 bits per heavy atom. The number of hydrogen-bond donors (Lipinski definition) is 0. The van der Waals surface area contributed by atoms with E-state index in [0.717, 1.165) is 18.2 Å². The molecule has 148 valence electrons. The SMILES string of the molecule is C=CCOC(=S)Cc1cc(Oc2ccc(C(F)(F)F)cc2Cl)ccc1[N+](=O)[O-]. The van der Waals surface area contributed by atoms with Crippen molar-refractivity contribution in [2.45, 2.75) is 12.6 Å². The third-order valence-corrected chi connectivity index (χ3v) is 3.99. The Kier molecular flexibility index (Phi) is 6.98. The Morgan fingerprint density at radius 2 is 2.00 bits per heavy atom. The molecule has 0 heterocycles. The van der Waals surface area contributed by atoms with Gasteiger partial charge in [-0.15, -0.1) is 0 Å². The van der Waals surface area contributed by atoms with Crippen LogP contribution in [0.2, 0.25) is 5.02 Å². The summed E-state index contributed by atoms with van der Waals surface area (Å²) in [5, 5.41) is 11.1. The molecule has 0 fully saturated rings. The Balaban J connectivity index is 2.29. The van der Waals surface area contributed by atoms with Gasteiger partial charge in [0.25, 0.3) is 5.69 Å². The summed E-state index contributed by atoms with van der Waals surface area (Å²) in [6.07, 6.45) is -3.09. The van der Waals surface area contributed by atoms with Gasteiger partial charge in [0.2, 0.25) is 0 Å². The number of nitro benzene ring substituents is 1. The van der Waals surface area contributed by atoms with Gasteiger partial charge in [0.15, 0.2) is 5.05 Å². The van der Waals surface area contributed by atoms with Crippen LogP contribution in [0, 0.1) is 10.1 Å². The Morgan fingerprint density at radius 3 is 2.57 bits per heavy atom. The molecular weight excluding hydrogens is 419 g/mol. The molecule has 2 aromatic carbocycles. The van der Waals surface area contributed by atoms with Crippen molar-refractivity contribution in [1.82, 2.24) is 0 Å². The molecule has 0 saturated carbocycles. The summed E-state index contributed by atoms with van der Waals surface area (Å²) < 4.78 is 48.8. The summed E-state index contributed by atoms with van der Waals surface area (Å²) in [5.74, 6) is 0.119. The van der Waals surface area contributed by atoms with Gasteiger partial charge in [-0.2, -0.15) is 13.2 Å². The maximum absolute atomic E-state index is 12.7. The molecule has 2 rings (SSSR count). The molecular formula is C18H13ClF3NO4S. The van der Waals surface area contributed by atoms with E-state index in [2.05, 4.69) is 6.58 Å². The lowest BCUT2D eigenvalue weighted by Crippen LogP contribution is -2.07. The summed E-state index contributed by atoms with van der Waals surface area (Å²) >= 11 is 10.9. The number of halogens is 4. The lowest BCUT2D eigenvalue weighted by atomic mass is 10.1. The minimum atomic E-state index is -4.54. The Labute approximate surface area is 168 Å². The number of hydrogen-bond acceptors (Lipinski definition) is 5. The average molecular weight is 432 g/mol. The van der Waals surface area contributed by atoms with Crippen LogP contribution in [0.5, 0.6) is 11.5 Å². The van der Waals surface area contributed by atoms with Crippen molar-refractivity contribution in [2.24, 2.45) is 0 Å². The van der Waals surface area contributed by atoms with Crippen LogP contribution in [-0.4, -0.2) is 16.6 Å². The highest BCUT2D eigenvalue weighted by Crippen LogP contribution is 2.37. The van der Waals surface area contributed by atoms with Crippen molar-refractivity contribution in [3.8, 4) is 11.5 Å². The molecule has 5 nitrogen and oxygen atoms in total. The fourth-order valence-electron chi connectivity index (χ4n) is 2.19. The molecule has 0 aliphatic heterocycles. The molecule has 0 atom stereocenters. The molecule has 0 N–H and O–H groups in total. The molecule has 0 amide bonds. The largest absolute Gasteiger partial charge is 0.483 e. The third kappa shape index (κ3) is 5.67. The number of nitro groups is 1. The Hall–Kier alpha value is -2.65. The first-order valence-electron chi connectivity index (χ1n) is 7.70. The summed E-state index contributed by atoms with van der Waals surface area (Å²) in [6, 6.07) is 6.51. The molecule has 10 heteroatoms. The Bertz CT molecular complexity index is 918. The summed E-state index contributed by atoms with van der Waals surface area (Å²) in [5.41, 5.74) is -0.894. The standard InChI is InChI=1S/C18H13ClF3NO4S/c1-2-7-26-17(28)9-11-8-13(4-5-15(11)23(24)25)27-16-6-3-12(10-14(16)19)18(20,21)22/h2-6,8,10H,1,7,9H2. The van der Waals surface area contributed by atoms with Crippen LogP contribution >= 0.6 is 23.8 Å². The monoisotopic (exact) mass is 431 g/mol. The second-order valence-corrected chi connectivity index (χ2v) is 6.30. The first-order valence-corrected chi connectivity index (χ1v) is 8.49. The van der Waals surface area contributed by atoms with Gasteiger partial charge >= 0.3 is 6.18 Å². The van der Waals surface area contributed by atoms with Crippen LogP contribution in [0.4, 0.5) is 18.9 Å². The van der Waals surface area contributed by atoms with Crippen molar-refractivity contribution in [2.75, 3.05) is 6.61 Å². The predicted octanol–water partition coefficient (Wildman–Crippen LogP) is 6.13. The zero-order valence-corrected chi connectivity index (χ0v) is 15.7. The lowest BCUT2D eigenvalue weighted by Gasteiger charge is -2.12. The quantitative estimate of drug-likeness (QED) is 0.228. The number of rotatable bonds is 7. The normalized spacial score (nSPS) is 11.0. The fraction of sp³-hybridized carbons (Fsp3) is 0.167. The molecule has 0 radical (unpaired) electrons. The summed E-state index contributed by atoms with van der Waals surface area (Å²) in [6.45, 7) is 3.64. The molecule has 2 aromatic rings. The van der Waals surface area contributed by atoms with E-state index in [1.165, 1.54) is 24.3 Å². The van der Waals surface area contributed by atoms with E-state index in [1.54, 1.807) is 0 Å². The second kappa shape index (κ2) is 9.03. The molecule has 0 bridgehead atoms. The molecule has 0 aromatic heterocycles. The van der Waals surface area contributed by atoms with Crippen molar-refractivity contribution in [3.63, 3.8) is 0 Å². The first-order chi connectivity index (χ1) is 13.1. The van der Waals surface area contributed by atoms with Crippen molar-refractivity contribution in [1.29, 1.82) is 0 Å². The van der Waals surface area contributed by atoms with Crippen molar-refractivity contribution in [3.05, 3.63) is 75.3 Å². The van der Waals surface area contributed by atoms with E-state index in [9.17, 15) is 23.3 Å². The first kappa shape index (κ1) is 21.6. The van der Waals surface area contributed by atoms with E-state index in [1.807, 2.05) is 0 Å². The summed E-state index contributed by atoms with van der Waals surface area (Å²) in [4.78, 5) is 10.6. The summed E-state index contributed by atoms with van der Waals surface area (Å²) in [7, 11) is 0. The van der Waals surface area contributed by atoms with E-state index >= 15 is 0 Å². The van der Waals surface area contributed by atoms with Gasteiger partial charge in [-0.1, -0.05) is 24.3 Å². The molecule has 28 heavy (non-hydrogen) atoms. The van der Waals surface area contributed by atoms with Gasteiger partial charge in [-0.25, -0.2) is 0 Å².